The predicted octanol–water partition coefficient (Wildman–Crippen LogP) is 6.47. The molecule has 2 N–H and O–H groups in total. The van der Waals surface area contributed by atoms with Gasteiger partial charge in [-0.1, -0.05) is 25.7 Å². The summed E-state index contributed by atoms with van der Waals surface area (Å²) in [6.07, 6.45) is 10.1. The average molecular weight is 722 g/mol. The van der Waals surface area contributed by atoms with E-state index in [9.17, 15) is 19.2 Å². The van der Waals surface area contributed by atoms with Crippen LogP contribution in [0.2, 0.25) is 0 Å². The second-order valence-electron chi connectivity index (χ2n) is 17.3. The van der Waals surface area contributed by atoms with Crippen molar-refractivity contribution in [1.29, 1.82) is 0 Å². The van der Waals surface area contributed by atoms with E-state index >= 15 is 0 Å². The lowest BCUT2D eigenvalue weighted by molar-refractivity contribution is -0.158. The Kier molecular flexibility index (Phi) is 16.0. The summed E-state index contributed by atoms with van der Waals surface area (Å²) in [6.45, 7) is 18.3. The van der Waals surface area contributed by atoms with Crippen LogP contribution in [0.3, 0.4) is 0 Å². The average Bonchev–Trinajstić information content (AvgIpc) is 3.26. The van der Waals surface area contributed by atoms with Crippen LogP contribution in [0, 0.1) is 0 Å². The SMILES string of the molecule is CC(C)(C)OC(=O)C[C@H](NC1CCCCCC1)C(=O)N1CCCCC1CCOC1CCN(C(=NC(=O)OC(C)(C)C)NC(=O)OC(C)(C)C)CC1. The lowest BCUT2D eigenvalue weighted by atomic mass is 9.97. The molecule has 0 bridgehead atoms. The minimum atomic E-state index is -0.795. The number of hydrogen-bond acceptors (Lipinski definition) is 9. The number of amides is 3. The van der Waals surface area contributed by atoms with Crippen LogP contribution in [-0.2, 0) is 28.5 Å². The van der Waals surface area contributed by atoms with Crippen LogP contribution in [0.4, 0.5) is 9.59 Å². The Bertz CT molecular complexity index is 1170. The first-order valence-corrected chi connectivity index (χ1v) is 19.2. The third-order valence-corrected chi connectivity index (χ3v) is 9.04. The first-order chi connectivity index (χ1) is 23.8. The van der Waals surface area contributed by atoms with Gasteiger partial charge in [-0.25, -0.2) is 9.59 Å². The highest BCUT2D eigenvalue weighted by atomic mass is 16.6. The number of nitrogens with one attached hydrogen (secondary N) is 2. The molecule has 1 unspecified atom stereocenters. The van der Waals surface area contributed by atoms with Crippen molar-refractivity contribution in [3.63, 3.8) is 0 Å². The van der Waals surface area contributed by atoms with Gasteiger partial charge in [0.1, 0.15) is 16.8 Å². The van der Waals surface area contributed by atoms with Crippen LogP contribution in [0.25, 0.3) is 0 Å². The molecular formula is C38H67N5O8. The Labute approximate surface area is 306 Å². The summed E-state index contributed by atoms with van der Waals surface area (Å²) < 4.78 is 22.8. The van der Waals surface area contributed by atoms with E-state index in [2.05, 4.69) is 15.6 Å². The summed E-state index contributed by atoms with van der Waals surface area (Å²) in [5, 5.41) is 6.23. The van der Waals surface area contributed by atoms with Gasteiger partial charge in [-0.3, -0.25) is 14.9 Å². The number of esters is 1. The number of aliphatic imine (C=N–C) groups is 1. The molecule has 0 aromatic rings. The van der Waals surface area contributed by atoms with Crippen molar-refractivity contribution in [2.75, 3.05) is 26.2 Å². The number of nitrogens with zero attached hydrogens (tertiary/aromatic N) is 3. The molecule has 13 nitrogen and oxygen atoms in total. The molecule has 0 spiro atoms. The zero-order valence-electron chi connectivity index (χ0n) is 32.9. The van der Waals surface area contributed by atoms with Crippen molar-refractivity contribution in [1.82, 2.24) is 20.4 Å². The molecule has 51 heavy (non-hydrogen) atoms. The number of hydrogen-bond donors (Lipinski definition) is 2. The van der Waals surface area contributed by atoms with E-state index in [1.165, 1.54) is 12.8 Å². The van der Waals surface area contributed by atoms with E-state index in [0.717, 1.165) is 44.9 Å². The molecule has 13 heteroatoms. The zero-order valence-corrected chi connectivity index (χ0v) is 32.9. The summed E-state index contributed by atoms with van der Waals surface area (Å²) in [4.78, 5) is 60.2. The fraction of sp³-hybridized carbons (Fsp3) is 0.868. The van der Waals surface area contributed by atoms with Crippen LogP contribution >= 0.6 is 0 Å². The fourth-order valence-electron chi connectivity index (χ4n) is 6.84. The highest BCUT2D eigenvalue weighted by Crippen LogP contribution is 2.25. The van der Waals surface area contributed by atoms with E-state index in [0.29, 0.717) is 45.5 Å². The molecule has 3 aliphatic rings. The molecule has 3 amide bonds. The predicted molar refractivity (Wildman–Crippen MR) is 196 cm³/mol. The van der Waals surface area contributed by atoms with Crippen molar-refractivity contribution in [3.05, 3.63) is 0 Å². The molecule has 1 saturated carbocycles. The van der Waals surface area contributed by atoms with Crippen molar-refractivity contribution in [2.24, 2.45) is 4.99 Å². The van der Waals surface area contributed by atoms with Gasteiger partial charge in [0.2, 0.25) is 11.9 Å². The largest absolute Gasteiger partial charge is 0.460 e. The van der Waals surface area contributed by atoms with Gasteiger partial charge in [-0.05, 0) is 114 Å². The summed E-state index contributed by atoms with van der Waals surface area (Å²) in [5.74, 6) is -0.282. The summed E-state index contributed by atoms with van der Waals surface area (Å²) in [6, 6.07) is -0.357. The highest BCUT2D eigenvalue weighted by Gasteiger charge is 2.35. The van der Waals surface area contributed by atoms with Gasteiger partial charge in [-0.15, -0.1) is 4.99 Å². The monoisotopic (exact) mass is 721 g/mol. The number of guanidine groups is 1. The molecule has 0 radical (unpaired) electrons. The van der Waals surface area contributed by atoms with Crippen LogP contribution in [0.5, 0.6) is 0 Å². The summed E-state index contributed by atoms with van der Waals surface area (Å²) >= 11 is 0. The van der Waals surface area contributed by atoms with Crippen molar-refractivity contribution < 1.29 is 38.1 Å². The maximum Gasteiger partial charge on any atom is 0.437 e. The van der Waals surface area contributed by atoms with Gasteiger partial charge in [0, 0.05) is 38.3 Å². The number of rotatable bonds is 9. The second kappa shape index (κ2) is 19.2. The van der Waals surface area contributed by atoms with Crippen molar-refractivity contribution in [2.45, 2.75) is 187 Å². The Morgan fingerprint density at radius 2 is 1.31 bits per heavy atom. The number of likely N-dealkylation sites (tertiary alicyclic amines) is 2. The lowest BCUT2D eigenvalue weighted by Crippen LogP contribution is -2.55. The van der Waals surface area contributed by atoms with Crippen LogP contribution in [0.1, 0.15) is 146 Å². The van der Waals surface area contributed by atoms with Gasteiger partial charge in [0.15, 0.2) is 0 Å². The molecule has 3 rings (SSSR count). The van der Waals surface area contributed by atoms with Crippen LogP contribution < -0.4 is 10.6 Å². The molecule has 292 valence electrons. The first-order valence-electron chi connectivity index (χ1n) is 19.2. The van der Waals surface area contributed by atoms with Crippen molar-refractivity contribution in [3.8, 4) is 0 Å². The summed E-state index contributed by atoms with van der Waals surface area (Å²) in [5.41, 5.74) is -2.07. The Morgan fingerprint density at radius 1 is 0.725 bits per heavy atom. The van der Waals surface area contributed by atoms with E-state index in [4.69, 9.17) is 18.9 Å². The maximum absolute atomic E-state index is 14.2. The summed E-state index contributed by atoms with van der Waals surface area (Å²) in [7, 11) is 0. The molecule has 0 aromatic carbocycles. The Hall–Kier alpha value is -2.93. The second-order valence-corrected chi connectivity index (χ2v) is 17.3. The lowest BCUT2D eigenvalue weighted by Gasteiger charge is -2.39. The van der Waals surface area contributed by atoms with Crippen LogP contribution in [-0.4, -0.2) is 107 Å². The normalized spacial score (nSPS) is 21.0. The standard InChI is InChI=1S/C38H67N5O8/c1-36(2,3)49-31(44)26-30(39-27-16-12-10-11-13-17-27)32(45)43-22-15-14-18-28(43)21-25-48-29-19-23-42(24-20-29)33(40-34(46)50-37(4,5)6)41-35(47)51-38(7,8)9/h27-30,39H,10-26H2,1-9H3,(H,40,41,46,47)/t28?,30-/m0/s1. The Morgan fingerprint density at radius 3 is 1.90 bits per heavy atom. The Balaban J connectivity index is 1.59. The molecule has 2 saturated heterocycles. The molecule has 0 aromatic heterocycles. The zero-order chi connectivity index (χ0) is 37.8. The molecule has 3 fully saturated rings. The van der Waals surface area contributed by atoms with Gasteiger partial charge < -0.3 is 34.1 Å². The number of alkyl carbamates (subject to hydrolysis) is 1. The smallest absolute Gasteiger partial charge is 0.437 e. The third kappa shape index (κ3) is 16.5. The van der Waals surface area contributed by atoms with E-state index in [1.807, 2.05) is 30.6 Å². The van der Waals surface area contributed by atoms with Gasteiger partial charge in [0.05, 0.1) is 18.6 Å². The number of ether oxygens (including phenoxy) is 4. The maximum atomic E-state index is 14.2. The highest BCUT2D eigenvalue weighted by molar-refractivity contribution is 5.99. The number of carbonyl (C=O) groups excluding carboxylic acids is 4. The number of carbonyl (C=O) groups is 4. The quantitative estimate of drug-likeness (QED) is 0.0893. The first kappa shape index (κ1) is 42.5. The van der Waals surface area contributed by atoms with Gasteiger partial charge in [0.25, 0.3) is 0 Å². The van der Waals surface area contributed by atoms with E-state index in [-0.39, 0.29) is 42.4 Å². The molecular weight excluding hydrogens is 654 g/mol. The van der Waals surface area contributed by atoms with Gasteiger partial charge in [-0.2, -0.15) is 0 Å². The third-order valence-electron chi connectivity index (χ3n) is 9.04. The minimum absolute atomic E-state index is 0.0163. The van der Waals surface area contributed by atoms with Crippen molar-refractivity contribution >= 4 is 30.0 Å². The molecule has 2 aliphatic heterocycles. The topological polar surface area (TPSA) is 148 Å². The van der Waals surface area contributed by atoms with Gasteiger partial charge >= 0.3 is 18.2 Å². The molecule has 2 heterocycles. The molecule has 1 aliphatic carbocycles. The number of piperidine rings is 2. The van der Waals surface area contributed by atoms with E-state index in [1.54, 1.807) is 41.5 Å². The fourth-order valence-corrected chi connectivity index (χ4v) is 6.84. The van der Waals surface area contributed by atoms with Crippen LogP contribution in [0.15, 0.2) is 4.99 Å². The molecule has 2 atom stereocenters. The van der Waals surface area contributed by atoms with E-state index < -0.39 is 35.0 Å². The minimum Gasteiger partial charge on any atom is -0.460 e.